The van der Waals surface area contributed by atoms with Gasteiger partial charge in [0.05, 0.1) is 5.69 Å². The minimum absolute atomic E-state index is 0. The second-order valence-electron chi connectivity index (χ2n) is 13.3. The molecule has 1 aliphatic rings. The number of rotatable bonds is 9. The van der Waals surface area contributed by atoms with Gasteiger partial charge in [-0.25, -0.2) is 4.98 Å². The monoisotopic (exact) mass is 815 g/mol. The normalized spacial score (nSPS) is 16.2. The molecule has 2 atom stereocenters. The molecule has 6 heteroatoms. The molecule has 3 aromatic heterocycles. The maximum Gasteiger partial charge on any atom is 2.00 e. The van der Waals surface area contributed by atoms with E-state index in [1.165, 1.54) is 35.4 Å². The van der Waals surface area contributed by atoms with Gasteiger partial charge >= 0.3 is 21.1 Å². The number of hydrogen-bond donors (Lipinski definition) is 0. The van der Waals surface area contributed by atoms with Crippen molar-refractivity contribution in [1.29, 1.82) is 0 Å². The largest absolute Gasteiger partial charge is 2.00 e. The summed E-state index contributed by atoms with van der Waals surface area (Å²) in [4.78, 5) is 4.72. The third-order valence-electron chi connectivity index (χ3n) is 9.64. The Hall–Kier alpha value is -3.95. The van der Waals surface area contributed by atoms with Crippen LogP contribution < -0.4 is 4.74 Å². The molecule has 1 aliphatic carbocycles. The summed E-state index contributed by atoms with van der Waals surface area (Å²) in [5, 5.41) is 7.60. The average molecular weight is 816 g/mol. The minimum Gasteiger partial charge on any atom is -0.509 e. The van der Waals surface area contributed by atoms with Crippen molar-refractivity contribution >= 4 is 21.8 Å². The molecule has 0 saturated heterocycles. The SMILES string of the molecule is CCCc1nn(-c2[c-]c(Oc3[c-]c4c(cc3)c3ccccc3n4-c3cc(C)ccn3)cc(C)c2)c(CCC)c1C1C(C)=CCC[C@@H]1C.[Pt+2]. The third-order valence-corrected chi connectivity index (χ3v) is 9.64. The van der Waals surface area contributed by atoms with Crippen molar-refractivity contribution in [3.63, 3.8) is 0 Å². The van der Waals surface area contributed by atoms with E-state index in [2.05, 4.69) is 111 Å². The molecule has 0 aliphatic heterocycles. The third kappa shape index (κ3) is 6.30. The van der Waals surface area contributed by atoms with E-state index >= 15 is 0 Å². The fraction of sp³-hybridized carbons (Fsp3) is 0.333. The molecule has 3 aromatic carbocycles. The number of pyridine rings is 1. The van der Waals surface area contributed by atoms with Crippen molar-refractivity contribution in [2.45, 2.75) is 86.0 Å². The number of fused-ring (bicyclic) bond motifs is 3. The summed E-state index contributed by atoms with van der Waals surface area (Å²) in [6, 6.07) is 28.1. The Balaban J connectivity index is 0.00000401. The van der Waals surface area contributed by atoms with Crippen molar-refractivity contribution < 1.29 is 25.8 Å². The van der Waals surface area contributed by atoms with Crippen molar-refractivity contribution in [1.82, 2.24) is 19.3 Å². The molecule has 6 aromatic rings. The van der Waals surface area contributed by atoms with Crippen LogP contribution in [0, 0.1) is 31.9 Å². The summed E-state index contributed by atoms with van der Waals surface area (Å²) >= 11 is 0. The molecule has 0 amide bonds. The Labute approximate surface area is 299 Å². The summed E-state index contributed by atoms with van der Waals surface area (Å²) in [5.41, 5.74) is 10.7. The number of benzene rings is 3. The number of para-hydroxylation sites is 1. The predicted octanol–water partition coefficient (Wildman–Crippen LogP) is 10.7. The molecule has 0 N–H and O–H groups in total. The zero-order valence-electron chi connectivity index (χ0n) is 28.8. The van der Waals surface area contributed by atoms with Gasteiger partial charge in [-0.1, -0.05) is 75.9 Å². The molecular formula is C42H44N4OPt. The van der Waals surface area contributed by atoms with E-state index in [1.54, 1.807) is 0 Å². The smallest absolute Gasteiger partial charge is 0.509 e. The van der Waals surface area contributed by atoms with Gasteiger partial charge in [-0.3, -0.25) is 4.68 Å². The van der Waals surface area contributed by atoms with Crippen LogP contribution in [0.25, 0.3) is 33.3 Å². The van der Waals surface area contributed by atoms with Gasteiger partial charge in [-0.15, -0.1) is 35.7 Å². The summed E-state index contributed by atoms with van der Waals surface area (Å²) in [6.07, 6.45) is 10.8. The van der Waals surface area contributed by atoms with Crippen LogP contribution in [0.5, 0.6) is 11.5 Å². The Bertz CT molecular complexity index is 2120. The van der Waals surface area contributed by atoms with E-state index in [9.17, 15) is 0 Å². The molecular weight excluding hydrogens is 772 g/mol. The van der Waals surface area contributed by atoms with Crippen molar-refractivity contribution in [3.05, 3.63) is 119 Å². The molecule has 3 heterocycles. The van der Waals surface area contributed by atoms with Crippen LogP contribution in [0.15, 0.2) is 78.5 Å². The maximum atomic E-state index is 6.58. The van der Waals surface area contributed by atoms with Crippen molar-refractivity contribution in [2.75, 3.05) is 0 Å². The second-order valence-corrected chi connectivity index (χ2v) is 13.3. The van der Waals surface area contributed by atoms with Gasteiger partial charge in [0.2, 0.25) is 0 Å². The van der Waals surface area contributed by atoms with E-state index < -0.39 is 0 Å². The molecule has 0 spiro atoms. The minimum atomic E-state index is 0. The first-order chi connectivity index (χ1) is 22.9. The average Bonchev–Trinajstić information content (AvgIpc) is 3.56. The number of aromatic nitrogens is 4. The summed E-state index contributed by atoms with van der Waals surface area (Å²) in [7, 11) is 0. The molecule has 0 fully saturated rings. The van der Waals surface area contributed by atoms with Crippen LogP contribution in [0.3, 0.4) is 0 Å². The molecule has 0 saturated carbocycles. The van der Waals surface area contributed by atoms with Gasteiger partial charge < -0.3 is 9.30 Å². The number of allylic oxidation sites excluding steroid dienone is 2. The van der Waals surface area contributed by atoms with Gasteiger partial charge in [0.25, 0.3) is 0 Å². The molecule has 1 unspecified atom stereocenters. The zero-order chi connectivity index (χ0) is 32.7. The predicted molar refractivity (Wildman–Crippen MR) is 192 cm³/mol. The molecule has 248 valence electrons. The van der Waals surface area contributed by atoms with Gasteiger partial charge in [0.15, 0.2) is 0 Å². The van der Waals surface area contributed by atoms with Crippen LogP contribution in [-0.2, 0) is 33.9 Å². The van der Waals surface area contributed by atoms with E-state index in [4.69, 9.17) is 14.8 Å². The summed E-state index contributed by atoms with van der Waals surface area (Å²) in [5.74, 6) is 3.18. The first-order valence-corrected chi connectivity index (χ1v) is 17.2. The Morgan fingerprint density at radius 1 is 0.875 bits per heavy atom. The Morgan fingerprint density at radius 3 is 2.46 bits per heavy atom. The van der Waals surface area contributed by atoms with E-state index in [-0.39, 0.29) is 21.1 Å². The zero-order valence-corrected chi connectivity index (χ0v) is 31.1. The fourth-order valence-electron chi connectivity index (χ4n) is 7.57. The maximum absolute atomic E-state index is 6.58. The topological polar surface area (TPSA) is 44.9 Å². The van der Waals surface area contributed by atoms with Gasteiger partial charge in [0, 0.05) is 40.4 Å². The van der Waals surface area contributed by atoms with Crippen molar-refractivity contribution in [2.24, 2.45) is 5.92 Å². The molecule has 7 rings (SSSR count). The first-order valence-electron chi connectivity index (χ1n) is 17.2. The second kappa shape index (κ2) is 14.3. The number of nitrogens with zero attached hydrogens (tertiary/aromatic N) is 4. The number of hydrogen-bond acceptors (Lipinski definition) is 3. The summed E-state index contributed by atoms with van der Waals surface area (Å²) < 4.78 is 10.9. The summed E-state index contributed by atoms with van der Waals surface area (Å²) in [6.45, 7) is 13.5. The fourth-order valence-corrected chi connectivity index (χ4v) is 7.57. The van der Waals surface area contributed by atoms with Gasteiger partial charge in [-0.2, -0.15) is 16.7 Å². The van der Waals surface area contributed by atoms with Crippen LogP contribution in [-0.4, -0.2) is 19.3 Å². The molecule has 5 nitrogen and oxygen atoms in total. The van der Waals surface area contributed by atoms with E-state index in [0.717, 1.165) is 70.1 Å². The standard InChI is InChI=1S/C42H44N4O.Pt/c1-7-12-36-42(41-29(5)14-11-15-30(41)6)38(13-8-2)46(44-36)31-22-28(4)23-33(25-31)47-32-18-19-35-34-16-9-10-17-37(34)45(39(35)26-32)40-24-27(3)20-21-43-40;/h9-10,14,16-24,30,41H,7-8,11-13,15H2,1-6H3;/q-2;+2/t30-,41?;/m0./s1. The van der Waals surface area contributed by atoms with Crippen LogP contribution in [0.1, 0.15) is 87.4 Å². The molecule has 0 radical (unpaired) electrons. The van der Waals surface area contributed by atoms with Crippen LogP contribution >= 0.6 is 0 Å². The van der Waals surface area contributed by atoms with Gasteiger partial charge in [0.1, 0.15) is 5.82 Å². The van der Waals surface area contributed by atoms with Crippen LogP contribution in [0.4, 0.5) is 0 Å². The number of aryl methyl sites for hydroxylation is 3. The first kappa shape index (κ1) is 33.9. The Morgan fingerprint density at radius 2 is 1.69 bits per heavy atom. The van der Waals surface area contributed by atoms with Crippen LogP contribution in [0.2, 0.25) is 0 Å². The van der Waals surface area contributed by atoms with Gasteiger partial charge in [-0.05, 0) is 80.3 Å². The van der Waals surface area contributed by atoms with E-state index in [0.29, 0.717) is 23.3 Å². The number of ether oxygens (including phenoxy) is 1. The Kier molecular flexibility index (Phi) is 10.1. The quantitative estimate of drug-likeness (QED) is 0.108. The molecule has 48 heavy (non-hydrogen) atoms. The molecule has 0 bridgehead atoms. The van der Waals surface area contributed by atoms with E-state index in [1.807, 2.05) is 24.4 Å². The van der Waals surface area contributed by atoms with Crippen molar-refractivity contribution in [3.8, 4) is 23.0 Å².